The molecule has 4 N–H and O–H groups in total. The molecule has 8 heteroatoms. The highest BCUT2D eigenvalue weighted by atomic mass is 16.5. The number of amides is 1. The van der Waals surface area contributed by atoms with E-state index in [0.29, 0.717) is 23.5 Å². The summed E-state index contributed by atoms with van der Waals surface area (Å²) >= 11 is 0. The number of ether oxygens (including phenoxy) is 1. The number of carboxylic acid groups (broad SMARTS) is 1. The average molecular weight is 340 g/mol. The van der Waals surface area contributed by atoms with Gasteiger partial charge in [-0.1, -0.05) is 12.1 Å². The van der Waals surface area contributed by atoms with Crippen LogP contribution in [-0.4, -0.2) is 33.2 Å². The molecule has 1 amide bonds. The smallest absolute Gasteiger partial charge is 0.339 e. The van der Waals surface area contributed by atoms with Crippen LogP contribution >= 0.6 is 0 Å². The molecule has 0 unspecified atom stereocenters. The summed E-state index contributed by atoms with van der Waals surface area (Å²) in [6.45, 7) is 0.554. The SMILES string of the molecule is NCc1ccc2c(c1)NC(=O)CO2.O=C(O)c1cnn2ccccc12. The van der Waals surface area contributed by atoms with Crippen molar-refractivity contribution in [1.82, 2.24) is 9.61 Å². The predicted molar refractivity (Wildman–Crippen MR) is 90.6 cm³/mol. The lowest BCUT2D eigenvalue weighted by Crippen LogP contribution is -2.25. The number of hydrogen-bond donors (Lipinski definition) is 3. The van der Waals surface area contributed by atoms with Gasteiger partial charge in [0.15, 0.2) is 6.61 Å². The number of carbonyl (C=O) groups excluding carboxylic acids is 1. The van der Waals surface area contributed by atoms with Gasteiger partial charge in [-0.25, -0.2) is 9.31 Å². The zero-order chi connectivity index (χ0) is 17.8. The third-order valence-corrected chi connectivity index (χ3v) is 3.57. The van der Waals surface area contributed by atoms with Crippen molar-refractivity contribution in [2.45, 2.75) is 6.54 Å². The number of anilines is 1. The highest BCUT2D eigenvalue weighted by Crippen LogP contribution is 2.28. The molecule has 2 aromatic heterocycles. The number of pyridine rings is 1. The number of benzene rings is 1. The largest absolute Gasteiger partial charge is 0.482 e. The van der Waals surface area contributed by atoms with Crippen LogP contribution in [0.25, 0.3) is 5.52 Å². The van der Waals surface area contributed by atoms with Crippen molar-refractivity contribution in [1.29, 1.82) is 0 Å². The number of rotatable bonds is 2. The molecule has 25 heavy (non-hydrogen) atoms. The second kappa shape index (κ2) is 7.02. The number of fused-ring (bicyclic) bond motifs is 2. The van der Waals surface area contributed by atoms with Gasteiger partial charge in [-0.05, 0) is 29.8 Å². The van der Waals surface area contributed by atoms with Gasteiger partial charge in [0, 0.05) is 12.7 Å². The fourth-order valence-electron chi connectivity index (χ4n) is 2.36. The average Bonchev–Trinajstić information content (AvgIpc) is 3.06. The molecule has 3 aromatic rings. The van der Waals surface area contributed by atoms with Crippen LogP contribution in [0.1, 0.15) is 15.9 Å². The Morgan fingerprint density at radius 3 is 2.96 bits per heavy atom. The van der Waals surface area contributed by atoms with E-state index in [1.54, 1.807) is 24.4 Å². The Morgan fingerprint density at radius 2 is 2.20 bits per heavy atom. The number of carboxylic acids is 1. The summed E-state index contributed by atoms with van der Waals surface area (Å²) < 4.78 is 6.71. The summed E-state index contributed by atoms with van der Waals surface area (Å²) in [6, 6.07) is 10.8. The Bertz CT molecular complexity index is 935. The molecule has 0 atom stereocenters. The first-order valence-electron chi connectivity index (χ1n) is 7.50. The number of aromatic carboxylic acids is 1. The Balaban J connectivity index is 0.000000146. The summed E-state index contributed by atoms with van der Waals surface area (Å²) in [5, 5.41) is 15.3. The topological polar surface area (TPSA) is 119 Å². The van der Waals surface area contributed by atoms with E-state index < -0.39 is 5.97 Å². The number of nitrogens with two attached hydrogens (primary N) is 1. The van der Waals surface area contributed by atoms with E-state index in [9.17, 15) is 9.59 Å². The molecule has 8 nitrogen and oxygen atoms in total. The van der Waals surface area contributed by atoms with Crippen LogP contribution < -0.4 is 15.8 Å². The minimum atomic E-state index is -0.948. The lowest BCUT2D eigenvalue weighted by atomic mass is 10.1. The lowest BCUT2D eigenvalue weighted by Gasteiger charge is -2.18. The number of hydrogen-bond acceptors (Lipinski definition) is 5. The van der Waals surface area contributed by atoms with Gasteiger partial charge in [0.25, 0.3) is 5.91 Å². The molecule has 0 saturated heterocycles. The monoisotopic (exact) mass is 340 g/mol. The van der Waals surface area contributed by atoms with Crippen LogP contribution in [0.3, 0.4) is 0 Å². The van der Waals surface area contributed by atoms with Gasteiger partial charge in [-0.2, -0.15) is 5.10 Å². The van der Waals surface area contributed by atoms with Gasteiger partial charge >= 0.3 is 5.97 Å². The lowest BCUT2D eigenvalue weighted by molar-refractivity contribution is -0.118. The summed E-state index contributed by atoms with van der Waals surface area (Å²) in [7, 11) is 0. The molecule has 0 radical (unpaired) electrons. The Morgan fingerprint density at radius 1 is 1.36 bits per heavy atom. The fraction of sp³-hybridized carbons (Fsp3) is 0.118. The molecule has 0 saturated carbocycles. The summed E-state index contributed by atoms with van der Waals surface area (Å²) in [5.41, 5.74) is 8.00. The highest BCUT2D eigenvalue weighted by Gasteiger charge is 2.15. The molecular weight excluding hydrogens is 324 g/mol. The van der Waals surface area contributed by atoms with Crippen LogP contribution in [0, 0.1) is 0 Å². The molecule has 4 rings (SSSR count). The van der Waals surface area contributed by atoms with E-state index in [-0.39, 0.29) is 18.1 Å². The van der Waals surface area contributed by atoms with Gasteiger partial charge < -0.3 is 20.9 Å². The standard InChI is InChI=1S/C9H10N2O2.C8H6N2O2/c10-4-6-1-2-8-7(3-6)11-9(12)5-13-8;11-8(12)6-5-9-10-4-2-1-3-7(6)10/h1-3H,4-5,10H2,(H,11,12);1-5H,(H,11,12). The molecule has 0 spiro atoms. The van der Waals surface area contributed by atoms with Gasteiger partial charge in [-0.3, -0.25) is 4.79 Å². The zero-order valence-corrected chi connectivity index (χ0v) is 13.2. The quantitative estimate of drug-likeness (QED) is 0.650. The van der Waals surface area contributed by atoms with Crippen LogP contribution in [0.15, 0.2) is 48.8 Å². The number of aromatic nitrogens is 2. The minimum absolute atomic E-state index is 0.0922. The van der Waals surface area contributed by atoms with Gasteiger partial charge in [0.05, 0.1) is 17.4 Å². The molecule has 128 valence electrons. The summed E-state index contributed by atoms with van der Waals surface area (Å²) in [6.07, 6.45) is 3.06. The van der Waals surface area contributed by atoms with E-state index in [2.05, 4.69) is 10.4 Å². The Hall–Kier alpha value is -3.39. The van der Waals surface area contributed by atoms with Crippen molar-refractivity contribution in [2.24, 2.45) is 5.73 Å². The van der Waals surface area contributed by atoms with Gasteiger partial charge in [0.1, 0.15) is 11.3 Å². The fourth-order valence-corrected chi connectivity index (χ4v) is 2.36. The summed E-state index contributed by atoms with van der Waals surface area (Å²) in [4.78, 5) is 21.6. The number of nitrogens with one attached hydrogen (secondary N) is 1. The first-order valence-corrected chi connectivity index (χ1v) is 7.50. The maximum Gasteiger partial charge on any atom is 0.339 e. The van der Waals surface area contributed by atoms with Crippen LogP contribution in [0.2, 0.25) is 0 Å². The normalized spacial score (nSPS) is 12.4. The van der Waals surface area contributed by atoms with Crippen molar-refractivity contribution >= 4 is 23.1 Å². The van der Waals surface area contributed by atoms with Gasteiger partial charge in [-0.15, -0.1) is 0 Å². The van der Waals surface area contributed by atoms with Gasteiger partial charge in [0.2, 0.25) is 0 Å². The third kappa shape index (κ3) is 3.59. The van der Waals surface area contributed by atoms with Crippen LogP contribution in [-0.2, 0) is 11.3 Å². The Kier molecular flexibility index (Phi) is 4.62. The maximum atomic E-state index is 11.0. The van der Waals surface area contributed by atoms with Crippen molar-refractivity contribution < 1.29 is 19.4 Å². The predicted octanol–water partition coefficient (Wildman–Crippen LogP) is 1.51. The highest BCUT2D eigenvalue weighted by molar-refractivity contribution is 5.95. The zero-order valence-electron chi connectivity index (χ0n) is 13.2. The third-order valence-electron chi connectivity index (χ3n) is 3.57. The second-order valence-corrected chi connectivity index (χ2v) is 5.27. The molecule has 3 heterocycles. The van der Waals surface area contributed by atoms with Crippen molar-refractivity contribution in [3.05, 3.63) is 59.9 Å². The molecule has 0 fully saturated rings. The van der Waals surface area contributed by atoms with E-state index in [0.717, 1.165) is 5.56 Å². The maximum absolute atomic E-state index is 11.0. The van der Waals surface area contributed by atoms with Crippen molar-refractivity contribution in [2.75, 3.05) is 11.9 Å². The molecule has 1 aliphatic rings. The molecule has 0 aliphatic carbocycles. The first kappa shape index (κ1) is 16.5. The van der Waals surface area contributed by atoms with E-state index in [1.165, 1.54) is 10.7 Å². The first-order chi connectivity index (χ1) is 12.1. The second-order valence-electron chi connectivity index (χ2n) is 5.27. The molecule has 1 aliphatic heterocycles. The van der Waals surface area contributed by atoms with Crippen LogP contribution in [0.4, 0.5) is 5.69 Å². The molecule has 0 bridgehead atoms. The van der Waals surface area contributed by atoms with E-state index in [1.807, 2.05) is 18.2 Å². The van der Waals surface area contributed by atoms with Crippen molar-refractivity contribution in [3.63, 3.8) is 0 Å². The molecule has 1 aromatic carbocycles. The molecular formula is C17H16N4O4. The number of nitrogens with zero attached hydrogens (tertiary/aromatic N) is 2. The summed E-state index contributed by atoms with van der Waals surface area (Å²) in [5.74, 6) is -0.366. The minimum Gasteiger partial charge on any atom is -0.482 e. The number of carbonyl (C=O) groups is 2. The van der Waals surface area contributed by atoms with Crippen LogP contribution in [0.5, 0.6) is 5.75 Å². The van der Waals surface area contributed by atoms with E-state index in [4.69, 9.17) is 15.6 Å². The van der Waals surface area contributed by atoms with E-state index >= 15 is 0 Å². The Labute approximate surface area is 142 Å². The van der Waals surface area contributed by atoms with Crippen molar-refractivity contribution in [3.8, 4) is 5.75 Å².